The molecule has 0 heterocycles. The minimum atomic E-state index is -1.33. The van der Waals surface area contributed by atoms with Gasteiger partial charge in [0.1, 0.15) is 67.9 Å². The molecule has 0 aliphatic heterocycles. The van der Waals surface area contributed by atoms with Crippen LogP contribution in [0.15, 0.2) is 328 Å². The highest BCUT2D eigenvalue weighted by atomic mass is 16.4. The number of phenols is 6. The van der Waals surface area contributed by atoms with E-state index >= 15 is 0 Å². The minimum absolute atomic E-state index is 0.224. The van der Waals surface area contributed by atoms with Crippen LogP contribution >= 0.6 is 0 Å². The summed E-state index contributed by atoms with van der Waals surface area (Å²) >= 11 is 0. The molecular formula is C111H78O18. The van der Waals surface area contributed by atoms with Crippen molar-refractivity contribution in [3.05, 3.63) is 428 Å². The number of carboxylic acids is 6. The summed E-state index contributed by atoms with van der Waals surface area (Å²) in [7, 11) is 0. The van der Waals surface area contributed by atoms with E-state index in [-0.39, 0.29) is 71.9 Å². The third kappa shape index (κ3) is 14.3. The number of benzene rings is 16. The molecule has 129 heavy (non-hydrogen) atoms. The van der Waals surface area contributed by atoms with Crippen LogP contribution in [0.25, 0.3) is 100 Å². The zero-order valence-corrected chi connectivity index (χ0v) is 68.7. The molecule has 0 unspecified atom stereocenters. The van der Waals surface area contributed by atoms with Crippen molar-refractivity contribution >= 4 is 35.8 Å². The van der Waals surface area contributed by atoms with Crippen LogP contribution in [0.5, 0.6) is 34.5 Å². The minimum Gasteiger partial charge on any atom is -0.507 e. The van der Waals surface area contributed by atoms with Gasteiger partial charge in [-0.15, -0.1) is 0 Å². The highest BCUT2D eigenvalue weighted by Gasteiger charge is 2.59. The Hall–Kier alpha value is -16.9. The van der Waals surface area contributed by atoms with Crippen molar-refractivity contribution in [2.75, 3.05) is 0 Å². The fourth-order valence-electron chi connectivity index (χ4n) is 20.6. The highest BCUT2D eigenvalue weighted by molar-refractivity contribution is 6.07. The first-order valence-corrected chi connectivity index (χ1v) is 41.7. The molecule has 0 radical (unpaired) electrons. The van der Waals surface area contributed by atoms with Crippen LogP contribution in [0.4, 0.5) is 0 Å². The summed E-state index contributed by atoms with van der Waals surface area (Å²) in [6.07, 6.45) is 1.34. The lowest BCUT2D eigenvalue weighted by Crippen LogP contribution is -2.36. The van der Waals surface area contributed by atoms with E-state index in [0.717, 1.165) is 100 Å². The lowest BCUT2D eigenvalue weighted by molar-refractivity contribution is 0.0682. The van der Waals surface area contributed by atoms with E-state index in [1.165, 1.54) is 72.8 Å². The van der Waals surface area contributed by atoms with E-state index < -0.39 is 86.6 Å². The molecule has 0 bridgehead atoms. The number of aromatic hydroxyl groups is 6. The Balaban J connectivity index is 0.981. The second kappa shape index (κ2) is 32.0. The Morgan fingerprint density at radius 3 is 0.519 bits per heavy atom. The lowest BCUT2D eigenvalue weighted by atomic mass is 9.62. The molecule has 12 N–H and O–H groups in total. The molecule has 0 atom stereocenters. The van der Waals surface area contributed by atoms with E-state index in [1.807, 2.05) is 109 Å². The SMILES string of the molecule is O=C(O)c1cc(-c2cccc(CC3(Cc4cccc(-c5ccc(O)c(C(=O)O)c5)c4)c4ccccc4-c4c3c3c(c5c4C(Cc4cccc(-c6ccc(O)c(C(=O)O)c6)c4)(Cc4cccc(-c6ccc(O)c(C(=O)O)c6)c4)c4ccccc4-5)C(Cc4cccc(-c5ccc(O)c(C(=O)O)c5)c4)(Cc4cccc(-c5ccc(O)c(C(=O)O)c5)c4)c4ccccc4-3)c2)ccc1O. The largest absolute Gasteiger partial charge is 0.507 e. The van der Waals surface area contributed by atoms with Crippen LogP contribution in [-0.2, 0) is 54.8 Å². The predicted octanol–water partition coefficient (Wildman–Crippen LogP) is 22.4. The van der Waals surface area contributed by atoms with Gasteiger partial charge in [0.05, 0.1) is 0 Å². The van der Waals surface area contributed by atoms with Gasteiger partial charge in [0, 0.05) is 16.2 Å². The van der Waals surface area contributed by atoms with Crippen molar-refractivity contribution in [2.24, 2.45) is 0 Å². The Morgan fingerprint density at radius 2 is 0.349 bits per heavy atom. The number of aromatic carboxylic acids is 6. The number of carbonyl (C=O) groups is 6. The van der Waals surface area contributed by atoms with Crippen LogP contribution in [0, 0.1) is 0 Å². The fourth-order valence-corrected chi connectivity index (χ4v) is 20.6. The first-order chi connectivity index (χ1) is 62.2. The standard InChI is InChI=1S/C111H78O18/c112-91-37-31-73(49-82(91)103(118)119)67-19-7-13-61(43-67)55-109(56-62-14-8-20-68(44-62)74-32-38-92(113)83(50-74)104(120)121)88-28-4-1-25-79(88)97-100(109)98-81-27-3-6-30-90(81)111(59-65-17-11-23-71(47-65)77-35-41-95(116)86(53-77)107(126)127,60-66-18-12-24-72(48-66)78-36-42-96(117)87(54-78)108(128)129)102(98)99-80-26-2-5-29-89(80)110(101(97)99,57-63-15-9-21-69(45-63)75-33-39-93(114)84(51-75)105(122)123)58-64-16-10-22-70(46-64)76-34-40-94(115)85(52-76)106(124)125/h1-54,112-117H,55-60H2,(H,118,119)(H,120,121)(H,122,123)(H,124,125)(H,126,127)(H,128,129). The number of hydrogen-bond donors (Lipinski definition) is 12. The number of carboxylic acid groups (broad SMARTS) is 6. The average molecular weight is 1700 g/mol. The van der Waals surface area contributed by atoms with Gasteiger partial charge < -0.3 is 61.3 Å². The maximum absolute atomic E-state index is 12.9. The first kappa shape index (κ1) is 81.8. The normalized spacial score (nSPS) is 13.1. The third-order valence-corrected chi connectivity index (χ3v) is 26.0. The van der Waals surface area contributed by atoms with Crippen LogP contribution < -0.4 is 0 Å². The van der Waals surface area contributed by atoms with Crippen LogP contribution in [0.2, 0.25) is 0 Å². The quantitative estimate of drug-likeness (QED) is 0.0267. The van der Waals surface area contributed by atoms with E-state index in [2.05, 4.69) is 109 Å². The van der Waals surface area contributed by atoms with Crippen molar-refractivity contribution in [2.45, 2.75) is 54.8 Å². The molecule has 16 aromatic rings. The van der Waals surface area contributed by atoms with Crippen molar-refractivity contribution in [3.8, 4) is 135 Å². The molecule has 16 aromatic carbocycles. The second-order valence-corrected chi connectivity index (χ2v) is 33.6. The zero-order chi connectivity index (χ0) is 89.6. The Kier molecular flexibility index (Phi) is 20.3. The Labute approximate surface area is 738 Å². The van der Waals surface area contributed by atoms with Gasteiger partial charge in [-0.25, -0.2) is 28.8 Å². The van der Waals surface area contributed by atoms with E-state index in [9.17, 15) is 90.0 Å². The van der Waals surface area contributed by atoms with E-state index in [4.69, 9.17) is 0 Å². The molecule has 0 spiro atoms. The third-order valence-electron chi connectivity index (χ3n) is 26.0. The summed E-state index contributed by atoms with van der Waals surface area (Å²) in [4.78, 5) is 77.6. The summed E-state index contributed by atoms with van der Waals surface area (Å²) in [5.41, 5.74) is 17.1. The summed E-state index contributed by atoms with van der Waals surface area (Å²) in [6, 6.07) is 99.8. The van der Waals surface area contributed by atoms with Gasteiger partial charge in [0.2, 0.25) is 0 Å². The number of fused-ring (bicyclic) bond motifs is 12. The van der Waals surface area contributed by atoms with Crippen molar-refractivity contribution in [1.29, 1.82) is 0 Å². The summed E-state index contributed by atoms with van der Waals surface area (Å²) in [6.45, 7) is 0. The zero-order valence-electron chi connectivity index (χ0n) is 68.7. The van der Waals surface area contributed by atoms with Gasteiger partial charge in [-0.2, -0.15) is 0 Å². The van der Waals surface area contributed by atoms with E-state index in [1.54, 1.807) is 36.4 Å². The topological polar surface area (TPSA) is 345 Å². The molecule has 3 aliphatic carbocycles. The van der Waals surface area contributed by atoms with Crippen LogP contribution in [0.1, 0.15) is 129 Å². The summed E-state index contributed by atoms with van der Waals surface area (Å²) in [5, 5.41) is 129. The van der Waals surface area contributed by atoms with Crippen molar-refractivity contribution in [1.82, 2.24) is 0 Å². The van der Waals surface area contributed by atoms with Gasteiger partial charge in [-0.05, 0) is 278 Å². The fraction of sp³-hybridized carbons (Fsp3) is 0.0811. The molecule has 0 saturated carbocycles. The second-order valence-electron chi connectivity index (χ2n) is 33.6. The van der Waals surface area contributed by atoms with Crippen molar-refractivity contribution < 1.29 is 90.0 Å². The van der Waals surface area contributed by atoms with Gasteiger partial charge >= 0.3 is 35.8 Å². The van der Waals surface area contributed by atoms with Crippen LogP contribution in [0.3, 0.4) is 0 Å². The molecule has 0 fully saturated rings. The maximum Gasteiger partial charge on any atom is 0.339 e. The first-order valence-electron chi connectivity index (χ1n) is 41.7. The molecule has 18 nitrogen and oxygen atoms in total. The molecule has 0 aromatic heterocycles. The van der Waals surface area contributed by atoms with Gasteiger partial charge in [0.25, 0.3) is 0 Å². The molecule has 0 amide bonds. The monoisotopic (exact) mass is 1700 g/mol. The summed E-state index contributed by atoms with van der Waals surface area (Å²) in [5.74, 6) is -10.5. The Morgan fingerprint density at radius 1 is 0.186 bits per heavy atom. The highest BCUT2D eigenvalue weighted by Crippen LogP contribution is 2.70. The summed E-state index contributed by atoms with van der Waals surface area (Å²) < 4.78 is 0. The van der Waals surface area contributed by atoms with Crippen molar-refractivity contribution in [3.63, 3.8) is 0 Å². The molecule has 3 aliphatic rings. The lowest BCUT2D eigenvalue weighted by Gasteiger charge is -2.40. The smallest absolute Gasteiger partial charge is 0.339 e. The average Bonchev–Trinajstić information content (AvgIpc) is 1.48. The van der Waals surface area contributed by atoms with Crippen LogP contribution in [-0.4, -0.2) is 97.1 Å². The van der Waals surface area contributed by atoms with Gasteiger partial charge in [-0.3, -0.25) is 0 Å². The predicted molar refractivity (Wildman–Crippen MR) is 490 cm³/mol. The van der Waals surface area contributed by atoms with Gasteiger partial charge in [0.15, 0.2) is 0 Å². The maximum atomic E-state index is 12.9. The molecule has 19 rings (SSSR count). The van der Waals surface area contributed by atoms with E-state index in [0.29, 0.717) is 66.8 Å². The Bertz CT molecular complexity index is 6410. The molecular weight excluding hydrogens is 1620 g/mol. The number of rotatable bonds is 24. The molecule has 630 valence electrons. The molecule has 18 heteroatoms. The van der Waals surface area contributed by atoms with Gasteiger partial charge in [-0.1, -0.05) is 255 Å². The molecule has 0 saturated heterocycles. The number of hydrogen-bond acceptors (Lipinski definition) is 12.